The highest BCUT2D eigenvalue weighted by Crippen LogP contribution is 2.44. The molecule has 3 aromatic heterocycles. The van der Waals surface area contributed by atoms with Crippen molar-refractivity contribution in [1.82, 2.24) is 25.0 Å². The Kier molecular flexibility index (Phi) is 13.0. The number of hydrogen-bond donors (Lipinski definition) is 1. The summed E-state index contributed by atoms with van der Waals surface area (Å²) in [7, 11) is 0. The number of nitrogens with two attached hydrogens (primary N) is 1. The molecule has 10 heteroatoms. The summed E-state index contributed by atoms with van der Waals surface area (Å²) in [4.78, 5) is 14.5. The zero-order valence-electron chi connectivity index (χ0n) is 40.3. The molecule has 0 bridgehead atoms. The molecular formula is C64H48N10. The number of benzene rings is 8. The third-order valence-corrected chi connectivity index (χ3v) is 12.8. The molecule has 2 N–H and O–H groups in total. The number of rotatable bonds is 15. The van der Waals surface area contributed by atoms with Gasteiger partial charge in [-0.3, -0.25) is 9.97 Å². The molecule has 0 unspecified atom stereocenters. The summed E-state index contributed by atoms with van der Waals surface area (Å²) in [6.07, 6.45) is 12.4. The standard InChI is InChI=1S/C64H48N10/c1-3-14-50(4-2)72(51-15-8-5-9-16-51)54-29-27-48(28-30-54)60-36-35-59(63-64(60)71-74(70-63)56-39-43-67-44-40-56)46-23-21-45(22-24-46)57-33-34-58(62(61(57)65)69-68-49-37-41-66-42-38-49)47-25-31-55(32-26-47)73(52-17-10-6-11-18-52)53-19-12-7-13-20-53/h3-44H,1-2,65H2. The number of nitrogens with zero attached hydrogens (tertiary/aromatic N) is 9. The van der Waals surface area contributed by atoms with Gasteiger partial charge >= 0.3 is 0 Å². The van der Waals surface area contributed by atoms with Crippen LogP contribution < -0.4 is 15.5 Å². The summed E-state index contributed by atoms with van der Waals surface area (Å²) in [6.45, 7) is 8.04. The molecular weight excluding hydrogens is 909 g/mol. The van der Waals surface area contributed by atoms with Gasteiger partial charge in [0.15, 0.2) is 0 Å². The van der Waals surface area contributed by atoms with Crippen molar-refractivity contribution in [3.63, 3.8) is 0 Å². The predicted octanol–water partition coefficient (Wildman–Crippen LogP) is 16.7. The lowest BCUT2D eigenvalue weighted by Gasteiger charge is -2.26. The van der Waals surface area contributed by atoms with Crippen molar-refractivity contribution in [3.8, 4) is 50.2 Å². The van der Waals surface area contributed by atoms with E-state index in [1.54, 1.807) is 35.7 Å². The topological polar surface area (TPSA) is 114 Å². The van der Waals surface area contributed by atoms with Crippen molar-refractivity contribution in [2.45, 2.75) is 0 Å². The van der Waals surface area contributed by atoms with E-state index in [9.17, 15) is 0 Å². The maximum absolute atomic E-state index is 7.18. The van der Waals surface area contributed by atoms with E-state index in [1.807, 2.05) is 66.7 Å². The molecule has 0 saturated carbocycles. The second-order valence-electron chi connectivity index (χ2n) is 17.3. The van der Waals surface area contributed by atoms with Gasteiger partial charge in [0.1, 0.15) is 16.7 Å². The minimum atomic E-state index is 0.509. The fourth-order valence-corrected chi connectivity index (χ4v) is 9.16. The highest BCUT2D eigenvalue weighted by atomic mass is 15.5. The molecule has 0 radical (unpaired) electrons. The predicted molar refractivity (Wildman–Crippen MR) is 303 cm³/mol. The first-order chi connectivity index (χ1) is 36.5. The van der Waals surface area contributed by atoms with E-state index in [1.165, 1.54) is 0 Å². The van der Waals surface area contributed by atoms with Crippen molar-refractivity contribution < 1.29 is 0 Å². The highest BCUT2D eigenvalue weighted by Gasteiger charge is 2.20. The molecule has 3 heterocycles. The van der Waals surface area contributed by atoms with E-state index < -0.39 is 0 Å². The van der Waals surface area contributed by atoms with Gasteiger partial charge in [0.25, 0.3) is 0 Å². The lowest BCUT2D eigenvalue weighted by atomic mass is 9.94. The van der Waals surface area contributed by atoms with E-state index >= 15 is 0 Å². The average molecular weight is 957 g/mol. The van der Waals surface area contributed by atoms with Crippen molar-refractivity contribution >= 4 is 56.5 Å². The molecule has 0 aliphatic rings. The van der Waals surface area contributed by atoms with Gasteiger partial charge in [0.2, 0.25) is 0 Å². The molecule has 74 heavy (non-hydrogen) atoms. The van der Waals surface area contributed by atoms with Crippen LogP contribution in [0.1, 0.15) is 0 Å². The fourth-order valence-electron chi connectivity index (χ4n) is 9.16. The lowest BCUT2D eigenvalue weighted by molar-refractivity contribution is 0.764. The Hall–Kier alpha value is -10.3. The van der Waals surface area contributed by atoms with Crippen molar-refractivity contribution in [2.24, 2.45) is 10.2 Å². The molecule has 11 rings (SSSR count). The van der Waals surface area contributed by atoms with Gasteiger partial charge in [-0.25, -0.2) is 0 Å². The number of nitrogen functional groups attached to an aromatic ring is 1. The minimum Gasteiger partial charge on any atom is -0.396 e. The Balaban J connectivity index is 0.951. The van der Waals surface area contributed by atoms with Crippen molar-refractivity contribution in [2.75, 3.05) is 15.5 Å². The summed E-state index contributed by atoms with van der Waals surface area (Å²) in [5.74, 6) is 0. The van der Waals surface area contributed by atoms with Crippen molar-refractivity contribution in [3.05, 3.63) is 274 Å². The van der Waals surface area contributed by atoms with Crippen LogP contribution in [0.15, 0.2) is 284 Å². The van der Waals surface area contributed by atoms with E-state index in [4.69, 9.17) is 21.0 Å². The van der Waals surface area contributed by atoms with Gasteiger partial charge in [-0.15, -0.1) is 15.3 Å². The number of azo groups is 1. The number of fused-ring (bicyclic) bond motifs is 1. The Bertz CT molecular complexity index is 3750. The molecule has 0 spiro atoms. The third-order valence-electron chi connectivity index (χ3n) is 12.8. The average Bonchev–Trinajstić information content (AvgIpc) is 3.93. The Morgan fingerprint density at radius 1 is 0.446 bits per heavy atom. The van der Waals surface area contributed by atoms with E-state index in [2.05, 4.69) is 196 Å². The molecule has 0 aliphatic heterocycles. The number of hydrogen-bond acceptors (Lipinski definition) is 9. The number of allylic oxidation sites excluding steroid dienone is 3. The van der Waals surface area contributed by atoms with Gasteiger partial charge < -0.3 is 15.5 Å². The molecule has 8 aromatic carbocycles. The summed E-state index contributed by atoms with van der Waals surface area (Å²) in [5.41, 5.74) is 24.7. The van der Waals surface area contributed by atoms with E-state index in [0.29, 0.717) is 17.1 Å². The first kappa shape index (κ1) is 46.1. The minimum absolute atomic E-state index is 0.509. The van der Waals surface area contributed by atoms with Gasteiger partial charge in [-0.1, -0.05) is 147 Å². The monoisotopic (exact) mass is 956 g/mol. The zero-order chi connectivity index (χ0) is 50.2. The summed E-state index contributed by atoms with van der Waals surface area (Å²) in [6, 6.07) is 72.0. The Labute approximate surface area is 429 Å². The van der Waals surface area contributed by atoms with Gasteiger partial charge in [-0.2, -0.15) is 9.91 Å². The van der Waals surface area contributed by atoms with Crippen molar-refractivity contribution in [1.29, 1.82) is 0 Å². The molecule has 0 aliphatic carbocycles. The number of aromatic nitrogens is 5. The normalized spacial score (nSPS) is 11.4. The first-order valence-electron chi connectivity index (χ1n) is 24.1. The van der Waals surface area contributed by atoms with Crippen LogP contribution in [0.2, 0.25) is 0 Å². The van der Waals surface area contributed by atoms with Gasteiger partial charge in [-0.05, 0) is 119 Å². The number of anilines is 6. The summed E-state index contributed by atoms with van der Waals surface area (Å²) >= 11 is 0. The molecule has 0 atom stereocenters. The maximum atomic E-state index is 7.18. The maximum Gasteiger partial charge on any atom is 0.122 e. The van der Waals surface area contributed by atoms with E-state index in [-0.39, 0.29) is 0 Å². The van der Waals surface area contributed by atoms with Crippen LogP contribution in [0.5, 0.6) is 0 Å². The number of para-hydroxylation sites is 3. The lowest BCUT2D eigenvalue weighted by Crippen LogP contribution is -2.14. The summed E-state index contributed by atoms with van der Waals surface area (Å²) in [5, 5.41) is 19.7. The second kappa shape index (κ2) is 21.0. The van der Waals surface area contributed by atoms with Gasteiger partial charge in [0, 0.05) is 81.2 Å². The molecule has 10 nitrogen and oxygen atoms in total. The SMILES string of the molecule is C=CC=C(C=C)N(c1ccccc1)c1ccc(-c2ccc(-c3ccc(-c4ccc(-c5ccc(N(c6ccccc6)c6ccccc6)cc5)c(N=Nc5ccncc5)c4N)cc3)c3nn(-c4ccncc4)nc23)cc1. The van der Waals surface area contributed by atoms with Crippen LogP contribution in [0.4, 0.5) is 45.5 Å². The highest BCUT2D eigenvalue weighted by molar-refractivity contribution is 6.01. The van der Waals surface area contributed by atoms with Crippen LogP contribution in [-0.4, -0.2) is 25.0 Å². The van der Waals surface area contributed by atoms with E-state index in [0.717, 1.165) is 95.4 Å². The fraction of sp³-hybridized carbons (Fsp3) is 0. The molecule has 354 valence electrons. The smallest absolute Gasteiger partial charge is 0.122 e. The third kappa shape index (κ3) is 9.37. The van der Waals surface area contributed by atoms with Crippen LogP contribution >= 0.6 is 0 Å². The largest absolute Gasteiger partial charge is 0.396 e. The zero-order valence-corrected chi connectivity index (χ0v) is 40.3. The van der Waals surface area contributed by atoms with Crippen LogP contribution in [0.3, 0.4) is 0 Å². The summed E-state index contributed by atoms with van der Waals surface area (Å²) < 4.78 is 0. The molecule has 0 fully saturated rings. The van der Waals surface area contributed by atoms with Crippen LogP contribution in [-0.2, 0) is 0 Å². The molecule has 0 amide bonds. The van der Waals surface area contributed by atoms with Crippen LogP contribution in [0, 0.1) is 0 Å². The molecule has 11 aromatic rings. The number of pyridine rings is 2. The first-order valence-corrected chi connectivity index (χ1v) is 24.1. The molecule has 0 saturated heterocycles. The Morgan fingerprint density at radius 2 is 0.865 bits per heavy atom. The van der Waals surface area contributed by atoms with Gasteiger partial charge in [0.05, 0.1) is 17.1 Å². The Morgan fingerprint density at radius 3 is 1.39 bits per heavy atom. The van der Waals surface area contributed by atoms with Crippen LogP contribution in [0.25, 0.3) is 61.2 Å². The quantitative estimate of drug-likeness (QED) is 0.0618. The second-order valence-corrected chi connectivity index (χ2v) is 17.3.